The van der Waals surface area contributed by atoms with E-state index < -0.39 is 0 Å². The lowest BCUT2D eigenvalue weighted by atomic mass is 10.0. The molecule has 1 aromatic heterocycles. The zero-order chi connectivity index (χ0) is 12.3. The molecule has 0 N–H and O–H groups in total. The number of fused-ring (bicyclic) bond motifs is 1. The van der Waals surface area contributed by atoms with Gasteiger partial charge in [0, 0.05) is 11.3 Å². The monoisotopic (exact) mass is 245 g/mol. The minimum Gasteiger partial charge on any atom is -0.248 e. The first-order chi connectivity index (χ1) is 8.20. The highest BCUT2D eigenvalue weighted by Crippen LogP contribution is 2.17. The third-order valence-electron chi connectivity index (χ3n) is 2.85. The molecular formula is C15H16ClN. The van der Waals surface area contributed by atoms with Crippen molar-refractivity contribution in [1.82, 2.24) is 4.98 Å². The van der Waals surface area contributed by atoms with Crippen LogP contribution in [0.4, 0.5) is 0 Å². The number of para-hydroxylation sites is 1. The summed E-state index contributed by atoms with van der Waals surface area (Å²) >= 11 is 5.93. The quantitative estimate of drug-likeness (QED) is 0.725. The molecule has 0 atom stereocenters. The van der Waals surface area contributed by atoms with Gasteiger partial charge in [-0.2, -0.15) is 0 Å². The van der Waals surface area contributed by atoms with Crippen molar-refractivity contribution < 1.29 is 0 Å². The molecular weight excluding hydrogens is 230 g/mol. The van der Waals surface area contributed by atoms with E-state index in [0.29, 0.717) is 11.8 Å². The Labute approximate surface area is 107 Å². The molecule has 0 aliphatic carbocycles. The van der Waals surface area contributed by atoms with Crippen molar-refractivity contribution in [2.75, 3.05) is 5.88 Å². The first kappa shape index (κ1) is 12.1. The largest absolute Gasteiger partial charge is 0.248 e. The number of aromatic nitrogens is 1. The minimum atomic E-state index is 0.459. The third kappa shape index (κ3) is 2.86. The number of nitrogens with zero attached hydrogens (tertiary/aromatic N) is 1. The fourth-order valence-corrected chi connectivity index (χ4v) is 2.10. The highest BCUT2D eigenvalue weighted by atomic mass is 35.5. The van der Waals surface area contributed by atoms with Crippen molar-refractivity contribution >= 4 is 28.6 Å². The molecule has 2 rings (SSSR count). The van der Waals surface area contributed by atoms with E-state index in [9.17, 15) is 0 Å². The average Bonchev–Trinajstić information content (AvgIpc) is 2.35. The Balaban J connectivity index is 2.43. The molecule has 0 bridgehead atoms. The lowest BCUT2D eigenvalue weighted by Crippen LogP contribution is -1.96. The predicted molar refractivity (Wildman–Crippen MR) is 75.3 cm³/mol. The smallest absolute Gasteiger partial charge is 0.0709 e. The molecule has 0 aliphatic heterocycles. The van der Waals surface area contributed by atoms with Gasteiger partial charge in [0.05, 0.1) is 11.2 Å². The first-order valence-corrected chi connectivity index (χ1v) is 6.36. The van der Waals surface area contributed by atoms with Crippen molar-refractivity contribution in [3.05, 3.63) is 47.7 Å². The summed E-state index contributed by atoms with van der Waals surface area (Å²) in [6, 6.07) is 12.3. The Morgan fingerprint density at radius 3 is 2.71 bits per heavy atom. The van der Waals surface area contributed by atoms with Crippen LogP contribution in [0.5, 0.6) is 0 Å². The van der Waals surface area contributed by atoms with Crippen LogP contribution >= 0.6 is 11.6 Å². The van der Waals surface area contributed by atoms with Gasteiger partial charge >= 0.3 is 0 Å². The van der Waals surface area contributed by atoms with E-state index in [2.05, 4.69) is 37.0 Å². The number of pyridine rings is 1. The first-order valence-electron chi connectivity index (χ1n) is 5.83. The van der Waals surface area contributed by atoms with Crippen LogP contribution in [0, 0.1) is 5.92 Å². The molecule has 88 valence electrons. The Morgan fingerprint density at radius 2 is 2.00 bits per heavy atom. The molecule has 0 saturated heterocycles. The third-order valence-corrected chi connectivity index (χ3v) is 3.16. The average molecular weight is 246 g/mol. The Morgan fingerprint density at radius 1 is 1.24 bits per heavy atom. The maximum absolute atomic E-state index is 5.93. The number of halogens is 1. The zero-order valence-corrected chi connectivity index (χ0v) is 10.9. The molecule has 1 nitrogen and oxygen atoms in total. The van der Waals surface area contributed by atoms with Gasteiger partial charge in [0.15, 0.2) is 0 Å². The molecule has 2 heteroatoms. The van der Waals surface area contributed by atoms with Gasteiger partial charge in [-0.25, -0.2) is 4.98 Å². The van der Waals surface area contributed by atoms with Crippen molar-refractivity contribution in [2.45, 2.75) is 13.8 Å². The summed E-state index contributed by atoms with van der Waals surface area (Å²) in [6.45, 7) is 4.30. The summed E-state index contributed by atoms with van der Waals surface area (Å²) in [5.41, 5.74) is 3.22. The fourth-order valence-electron chi connectivity index (χ4n) is 1.71. The number of hydrogen-bond acceptors (Lipinski definition) is 1. The number of alkyl halides is 1. The van der Waals surface area contributed by atoms with E-state index in [0.717, 1.165) is 11.2 Å². The Kier molecular flexibility index (Phi) is 3.80. The molecule has 0 fully saturated rings. The second kappa shape index (κ2) is 5.33. The van der Waals surface area contributed by atoms with E-state index in [4.69, 9.17) is 11.6 Å². The van der Waals surface area contributed by atoms with E-state index in [1.54, 1.807) is 0 Å². The van der Waals surface area contributed by atoms with Gasteiger partial charge in [0.25, 0.3) is 0 Å². The maximum atomic E-state index is 5.93. The number of hydrogen-bond donors (Lipinski definition) is 0. The van der Waals surface area contributed by atoms with Crippen molar-refractivity contribution in [3.8, 4) is 0 Å². The number of benzene rings is 1. The van der Waals surface area contributed by atoms with Crippen molar-refractivity contribution in [3.63, 3.8) is 0 Å². The van der Waals surface area contributed by atoms with Crippen LogP contribution in [-0.2, 0) is 0 Å². The lowest BCUT2D eigenvalue weighted by molar-refractivity contribution is 0.777. The van der Waals surface area contributed by atoms with Gasteiger partial charge in [-0.1, -0.05) is 43.7 Å². The summed E-state index contributed by atoms with van der Waals surface area (Å²) in [4.78, 5) is 4.61. The van der Waals surface area contributed by atoms with Gasteiger partial charge < -0.3 is 0 Å². The Bertz CT molecular complexity index is 543. The van der Waals surface area contributed by atoms with Crippen LogP contribution in [0.2, 0.25) is 0 Å². The van der Waals surface area contributed by atoms with Gasteiger partial charge in [-0.3, -0.25) is 0 Å². The summed E-state index contributed by atoms with van der Waals surface area (Å²) in [7, 11) is 0. The summed E-state index contributed by atoms with van der Waals surface area (Å²) in [5, 5.41) is 1.17. The molecule has 1 aromatic carbocycles. The summed E-state index contributed by atoms with van der Waals surface area (Å²) < 4.78 is 0. The van der Waals surface area contributed by atoms with Gasteiger partial charge in [-0.05, 0) is 24.1 Å². The molecule has 2 aromatic rings. The molecule has 0 aliphatic rings. The van der Waals surface area contributed by atoms with E-state index in [1.165, 1.54) is 11.0 Å². The van der Waals surface area contributed by atoms with Gasteiger partial charge in [0.2, 0.25) is 0 Å². The number of rotatable bonds is 3. The molecule has 0 spiro atoms. The highest BCUT2D eigenvalue weighted by molar-refractivity contribution is 6.19. The van der Waals surface area contributed by atoms with E-state index in [1.807, 2.05) is 24.3 Å². The lowest BCUT2D eigenvalue weighted by Gasteiger charge is -2.07. The van der Waals surface area contributed by atoms with Crippen LogP contribution in [0.15, 0.2) is 42.0 Å². The molecule has 0 saturated carbocycles. The van der Waals surface area contributed by atoms with Gasteiger partial charge in [-0.15, -0.1) is 11.6 Å². The Hall–Kier alpha value is -1.34. The van der Waals surface area contributed by atoms with Crippen LogP contribution < -0.4 is 0 Å². The van der Waals surface area contributed by atoms with Crippen molar-refractivity contribution in [1.29, 1.82) is 0 Å². The molecule has 1 heterocycles. The summed E-state index contributed by atoms with van der Waals surface area (Å²) in [5.74, 6) is 1.02. The molecule has 17 heavy (non-hydrogen) atoms. The molecule has 0 amide bonds. The second-order valence-electron chi connectivity index (χ2n) is 4.44. The van der Waals surface area contributed by atoms with Crippen LogP contribution in [0.1, 0.15) is 19.5 Å². The molecule has 0 unspecified atom stereocenters. The SMILES string of the molecule is CC(C)C(=Cc1ccc2ccccc2n1)CCl. The second-order valence-corrected chi connectivity index (χ2v) is 4.70. The maximum Gasteiger partial charge on any atom is 0.0709 e. The topological polar surface area (TPSA) is 12.9 Å². The molecule has 0 radical (unpaired) electrons. The zero-order valence-electron chi connectivity index (χ0n) is 10.2. The fraction of sp³-hybridized carbons (Fsp3) is 0.267. The number of allylic oxidation sites excluding steroid dienone is 1. The van der Waals surface area contributed by atoms with Crippen LogP contribution in [0.3, 0.4) is 0 Å². The highest BCUT2D eigenvalue weighted by Gasteiger charge is 2.03. The van der Waals surface area contributed by atoms with Crippen molar-refractivity contribution in [2.24, 2.45) is 5.92 Å². The van der Waals surface area contributed by atoms with Gasteiger partial charge in [0.1, 0.15) is 0 Å². The summed E-state index contributed by atoms with van der Waals surface area (Å²) in [6.07, 6.45) is 2.09. The normalized spacial score (nSPS) is 12.4. The predicted octanol–water partition coefficient (Wildman–Crippen LogP) is 4.51. The van der Waals surface area contributed by atoms with E-state index in [-0.39, 0.29) is 0 Å². The van der Waals surface area contributed by atoms with E-state index >= 15 is 0 Å². The van der Waals surface area contributed by atoms with Crippen LogP contribution in [-0.4, -0.2) is 10.9 Å². The minimum absolute atomic E-state index is 0.459. The van der Waals surface area contributed by atoms with Crippen LogP contribution in [0.25, 0.3) is 17.0 Å². The standard InChI is InChI=1S/C15H16ClN/c1-11(2)13(10-16)9-14-8-7-12-5-3-4-6-15(12)17-14/h3-9,11H,10H2,1-2H3.